The van der Waals surface area contributed by atoms with E-state index >= 15 is 0 Å². The summed E-state index contributed by atoms with van der Waals surface area (Å²) in [5.41, 5.74) is 9.91. The summed E-state index contributed by atoms with van der Waals surface area (Å²) in [5, 5.41) is 5.09. The number of nitrogens with two attached hydrogens (primary N) is 1. The van der Waals surface area contributed by atoms with Gasteiger partial charge in [-0.3, -0.25) is 4.68 Å². The molecule has 0 fully saturated rings. The molecule has 0 aliphatic rings. The van der Waals surface area contributed by atoms with Gasteiger partial charge < -0.3 is 10.5 Å². The molecule has 4 nitrogen and oxygen atoms in total. The maximum atomic E-state index is 6.34. The van der Waals surface area contributed by atoms with E-state index in [1.54, 1.807) is 4.68 Å². The summed E-state index contributed by atoms with van der Waals surface area (Å²) in [7, 11) is 1.88. The quantitative estimate of drug-likeness (QED) is 0.919. The highest BCUT2D eigenvalue weighted by Gasteiger charge is 2.15. The number of rotatable bonds is 5. The average Bonchev–Trinajstić information content (AvgIpc) is 2.71. The lowest BCUT2D eigenvalue weighted by atomic mass is 10.1. The van der Waals surface area contributed by atoms with Crippen molar-refractivity contribution in [2.24, 2.45) is 12.8 Å². The summed E-state index contributed by atoms with van der Waals surface area (Å²) in [5.74, 6) is 0.806. The molecule has 0 radical (unpaired) electrons. The number of halogens is 1. The van der Waals surface area contributed by atoms with E-state index in [2.05, 4.69) is 5.10 Å². The first-order valence-electron chi connectivity index (χ1n) is 7.13. The zero-order chi connectivity index (χ0) is 15.6. The molecule has 21 heavy (non-hydrogen) atoms. The van der Waals surface area contributed by atoms with Crippen molar-refractivity contribution in [1.29, 1.82) is 0 Å². The van der Waals surface area contributed by atoms with Crippen LogP contribution in [0.5, 0.6) is 5.75 Å². The van der Waals surface area contributed by atoms with Crippen LogP contribution in [-0.2, 0) is 20.1 Å². The number of nitrogens with zero attached hydrogens (tertiary/aromatic N) is 2. The van der Waals surface area contributed by atoms with Crippen molar-refractivity contribution in [2.75, 3.05) is 0 Å². The van der Waals surface area contributed by atoms with Gasteiger partial charge in [0.05, 0.1) is 16.4 Å². The number of aromatic nitrogens is 2. The van der Waals surface area contributed by atoms with Gasteiger partial charge in [-0.2, -0.15) is 5.10 Å². The molecule has 1 aromatic carbocycles. The molecule has 5 heteroatoms. The summed E-state index contributed by atoms with van der Waals surface area (Å²) in [6, 6.07) is 5.98. The first kappa shape index (κ1) is 15.9. The van der Waals surface area contributed by atoms with Gasteiger partial charge in [-0.25, -0.2) is 0 Å². The number of aryl methyl sites for hydroxylation is 3. The third-order valence-electron chi connectivity index (χ3n) is 3.53. The van der Waals surface area contributed by atoms with Crippen LogP contribution in [0.1, 0.15) is 42.4 Å². The van der Waals surface area contributed by atoms with E-state index < -0.39 is 0 Å². The largest absolute Gasteiger partial charge is 0.487 e. The second-order valence-electron chi connectivity index (χ2n) is 5.30. The van der Waals surface area contributed by atoms with Crippen LogP contribution < -0.4 is 10.5 Å². The first-order valence-corrected chi connectivity index (χ1v) is 7.51. The van der Waals surface area contributed by atoms with Crippen LogP contribution in [0, 0.1) is 6.92 Å². The molecule has 0 amide bonds. The van der Waals surface area contributed by atoms with E-state index in [1.807, 2.05) is 46.0 Å². The topological polar surface area (TPSA) is 53.1 Å². The minimum atomic E-state index is -0.0752. The Labute approximate surface area is 130 Å². The third kappa shape index (κ3) is 3.39. The minimum absolute atomic E-state index is 0.0752. The molecule has 0 bridgehead atoms. The van der Waals surface area contributed by atoms with Gasteiger partial charge >= 0.3 is 0 Å². The molecule has 1 aromatic heterocycles. The molecule has 2 rings (SSSR count). The highest BCUT2D eigenvalue weighted by molar-refractivity contribution is 6.31. The number of benzene rings is 1. The summed E-state index contributed by atoms with van der Waals surface area (Å²) in [6.45, 7) is 6.40. The van der Waals surface area contributed by atoms with Crippen molar-refractivity contribution in [1.82, 2.24) is 9.78 Å². The molecule has 2 N–H and O–H groups in total. The van der Waals surface area contributed by atoms with Crippen molar-refractivity contribution >= 4 is 11.6 Å². The van der Waals surface area contributed by atoms with E-state index in [0.29, 0.717) is 11.6 Å². The SMILES string of the molecule is CCc1nn(C)c(COc2cc(C)ccc2[C@H](C)N)c1Cl. The van der Waals surface area contributed by atoms with Crippen LogP contribution in [0.25, 0.3) is 0 Å². The van der Waals surface area contributed by atoms with Gasteiger partial charge in [-0.05, 0) is 31.9 Å². The van der Waals surface area contributed by atoms with Crippen molar-refractivity contribution in [3.05, 3.63) is 45.7 Å². The Kier molecular flexibility index (Phi) is 4.91. The molecule has 0 spiro atoms. The van der Waals surface area contributed by atoms with Crippen molar-refractivity contribution in [3.63, 3.8) is 0 Å². The van der Waals surface area contributed by atoms with Crippen LogP contribution in [0.4, 0.5) is 0 Å². The molecule has 0 aliphatic heterocycles. The summed E-state index contributed by atoms with van der Waals surface area (Å²) in [6.07, 6.45) is 0.808. The molecule has 0 unspecified atom stereocenters. The van der Waals surface area contributed by atoms with Crippen molar-refractivity contribution in [3.8, 4) is 5.75 Å². The molecular formula is C16H22ClN3O. The molecule has 0 aliphatic carbocycles. The Morgan fingerprint density at radius 3 is 2.71 bits per heavy atom. The predicted molar refractivity (Wildman–Crippen MR) is 85.7 cm³/mol. The Hall–Kier alpha value is -1.52. The van der Waals surface area contributed by atoms with E-state index in [-0.39, 0.29) is 6.04 Å². The fourth-order valence-corrected chi connectivity index (χ4v) is 2.61. The zero-order valence-corrected chi connectivity index (χ0v) is 13.7. The number of hydrogen-bond donors (Lipinski definition) is 1. The minimum Gasteiger partial charge on any atom is -0.487 e. The Balaban J connectivity index is 2.24. The van der Waals surface area contributed by atoms with E-state index in [4.69, 9.17) is 22.1 Å². The maximum Gasteiger partial charge on any atom is 0.131 e. The van der Waals surface area contributed by atoms with Gasteiger partial charge in [0.2, 0.25) is 0 Å². The van der Waals surface area contributed by atoms with Gasteiger partial charge in [0.15, 0.2) is 0 Å². The Morgan fingerprint density at radius 2 is 2.14 bits per heavy atom. The summed E-state index contributed by atoms with van der Waals surface area (Å²) < 4.78 is 7.74. The smallest absolute Gasteiger partial charge is 0.131 e. The lowest BCUT2D eigenvalue weighted by Gasteiger charge is -2.15. The normalized spacial score (nSPS) is 12.5. The van der Waals surface area contributed by atoms with Crippen LogP contribution in [0.15, 0.2) is 18.2 Å². The number of hydrogen-bond acceptors (Lipinski definition) is 3. The second kappa shape index (κ2) is 6.50. The maximum absolute atomic E-state index is 6.34. The Bertz CT molecular complexity index is 635. The standard InChI is InChI=1S/C16H22ClN3O/c1-5-13-16(17)14(20(4)19-13)9-21-15-8-10(2)6-7-12(15)11(3)18/h6-8,11H,5,9,18H2,1-4H3/t11-/m0/s1. The fraction of sp³-hybridized carbons (Fsp3) is 0.438. The van der Waals surface area contributed by atoms with Gasteiger partial charge in [0.25, 0.3) is 0 Å². The fourth-order valence-electron chi connectivity index (χ4n) is 2.27. The van der Waals surface area contributed by atoms with Crippen LogP contribution >= 0.6 is 11.6 Å². The zero-order valence-electron chi connectivity index (χ0n) is 13.0. The second-order valence-corrected chi connectivity index (χ2v) is 5.68. The molecule has 2 aromatic rings. The van der Waals surface area contributed by atoms with Crippen LogP contribution in [-0.4, -0.2) is 9.78 Å². The molecule has 114 valence electrons. The lowest BCUT2D eigenvalue weighted by molar-refractivity contribution is 0.290. The van der Waals surface area contributed by atoms with E-state index in [1.165, 1.54) is 0 Å². The molecule has 1 atom stereocenters. The molecule has 0 saturated heterocycles. The van der Waals surface area contributed by atoms with Gasteiger partial charge in [0, 0.05) is 18.7 Å². The summed E-state index contributed by atoms with van der Waals surface area (Å²) in [4.78, 5) is 0. The first-order chi connectivity index (χ1) is 9.93. The predicted octanol–water partition coefficient (Wildman–Crippen LogP) is 3.54. The van der Waals surface area contributed by atoms with Gasteiger partial charge in [-0.1, -0.05) is 30.7 Å². The molecule has 0 saturated carbocycles. The highest BCUT2D eigenvalue weighted by Crippen LogP contribution is 2.28. The van der Waals surface area contributed by atoms with E-state index in [9.17, 15) is 0 Å². The molecular weight excluding hydrogens is 286 g/mol. The monoisotopic (exact) mass is 307 g/mol. The van der Waals surface area contributed by atoms with Crippen molar-refractivity contribution < 1.29 is 4.74 Å². The van der Waals surface area contributed by atoms with Gasteiger partial charge in [-0.15, -0.1) is 0 Å². The average molecular weight is 308 g/mol. The lowest BCUT2D eigenvalue weighted by Crippen LogP contribution is -2.09. The Morgan fingerprint density at radius 1 is 1.43 bits per heavy atom. The summed E-state index contributed by atoms with van der Waals surface area (Å²) >= 11 is 6.34. The van der Waals surface area contributed by atoms with Gasteiger partial charge in [0.1, 0.15) is 12.4 Å². The van der Waals surface area contributed by atoms with Crippen LogP contribution in [0.2, 0.25) is 5.02 Å². The highest BCUT2D eigenvalue weighted by atomic mass is 35.5. The van der Waals surface area contributed by atoms with Crippen molar-refractivity contribution in [2.45, 2.75) is 39.8 Å². The van der Waals surface area contributed by atoms with E-state index in [0.717, 1.165) is 34.7 Å². The third-order valence-corrected chi connectivity index (χ3v) is 3.96. The van der Waals surface area contributed by atoms with Crippen LogP contribution in [0.3, 0.4) is 0 Å². The molecule has 1 heterocycles. The number of ether oxygens (including phenoxy) is 1.